The Kier molecular flexibility index (Phi) is 7.92. The molecular weight excluding hydrogens is 426 g/mol. The van der Waals surface area contributed by atoms with E-state index in [1.807, 2.05) is 19.9 Å². The van der Waals surface area contributed by atoms with E-state index in [-0.39, 0.29) is 17.6 Å². The maximum absolute atomic E-state index is 13.4. The van der Waals surface area contributed by atoms with E-state index < -0.39 is 17.8 Å². The standard InChI is InChI=1S/C25H28F2N4O2/c1-16(2)23(28-24(32)17-9-11-19(26)12-10-17)25(33)31(3)13-5-8-21-15-22(30-29-21)18-6-4-7-20(27)14-18/h4,6-7,9-12,14-16,23H,5,8,13H2,1-3H3,(H,28,32)(H,29,30). The minimum atomic E-state index is -0.695. The van der Waals surface area contributed by atoms with Gasteiger partial charge in [-0.3, -0.25) is 14.7 Å². The molecule has 0 fully saturated rings. The summed E-state index contributed by atoms with van der Waals surface area (Å²) in [6, 6.07) is 12.6. The number of aromatic amines is 1. The molecule has 2 N–H and O–H groups in total. The van der Waals surface area contributed by atoms with Crippen molar-refractivity contribution in [2.24, 2.45) is 5.92 Å². The van der Waals surface area contributed by atoms with Gasteiger partial charge in [-0.2, -0.15) is 5.10 Å². The molecule has 1 atom stereocenters. The molecule has 2 aromatic carbocycles. The van der Waals surface area contributed by atoms with Crippen LogP contribution in [0.5, 0.6) is 0 Å². The molecule has 2 amide bonds. The number of carbonyl (C=O) groups is 2. The fraction of sp³-hybridized carbons (Fsp3) is 0.320. The molecule has 8 heteroatoms. The summed E-state index contributed by atoms with van der Waals surface area (Å²) in [5, 5.41) is 9.96. The summed E-state index contributed by atoms with van der Waals surface area (Å²) in [6.45, 7) is 4.21. The lowest BCUT2D eigenvalue weighted by molar-refractivity contribution is -0.133. The van der Waals surface area contributed by atoms with E-state index in [1.165, 1.54) is 36.4 Å². The van der Waals surface area contributed by atoms with Gasteiger partial charge >= 0.3 is 0 Å². The predicted octanol–water partition coefficient (Wildman–Crippen LogP) is 4.20. The van der Waals surface area contributed by atoms with Gasteiger partial charge in [0.1, 0.15) is 17.7 Å². The molecule has 3 rings (SSSR count). The minimum Gasteiger partial charge on any atom is -0.344 e. The van der Waals surface area contributed by atoms with Crippen molar-refractivity contribution in [3.8, 4) is 11.3 Å². The third kappa shape index (κ3) is 6.47. The highest BCUT2D eigenvalue weighted by Crippen LogP contribution is 2.19. The maximum atomic E-state index is 13.4. The summed E-state index contributed by atoms with van der Waals surface area (Å²) in [6.07, 6.45) is 1.35. The monoisotopic (exact) mass is 454 g/mol. The topological polar surface area (TPSA) is 78.1 Å². The van der Waals surface area contributed by atoms with Crippen LogP contribution in [0.1, 0.15) is 36.3 Å². The van der Waals surface area contributed by atoms with Crippen LogP contribution in [0.3, 0.4) is 0 Å². The zero-order valence-corrected chi connectivity index (χ0v) is 18.9. The molecule has 0 spiro atoms. The summed E-state index contributed by atoms with van der Waals surface area (Å²) >= 11 is 0. The summed E-state index contributed by atoms with van der Waals surface area (Å²) in [5.74, 6) is -1.47. The van der Waals surface area contributed by atoms with E-state index in [1.54, 1.807) is 24.1 Å². The van der Waals surface area contributed by atoms with E-state index in [2.05, 4.69) is 15.5 Å². The molecule has 0 saturated carbocycles. The van der Waals surface area contributed by atoms with Crippen molar-refractivity contribution in [2.45, 2.75) is 32.7 Å². The quantitative estimate of drug-likeness (QED) is 0.509. The second kappa shape index (κ2) is 10.8. The number of amides is 2. The van der Waals surface area contributed by atoms with E-state index in [4.69, 9.17) is 0 Å². The van der Waals surface area contributed by atoms with Crippen LogP contribution >= 0.6 is 0 Å². The summed E-state index contributed by atoms with van der Waals surface area (Å²) in [7, 11) is 1.70. The zero-order chi connectivity index (χ0) is 24.0. The second-order valence-corrected chi connectivity index (χ2v) is 8.35. The van der Waals surface area contributed by atoms with Gasteiger partial charge in [0.15, 0.2) is 0 Å². The molecule has 0 aliphatic carbocycles. The van der Waals surface area contributed by atoms with Gasteiger partial charge in [-0.15, -0.1) is 0 Å². The van der Waals surface area contributed by atoms with Crippen LogP contribution in [0.15, 0.2) is 54.6 Å². The zero-order valence-electron chi connectivity index (χ0n) is 18.9. The molecule has 0 aliphatic rings. The van der Waals surface area contributed by atoms with Crippen molar-refractivity contribution in [2.75, 3.05) is 13.6 Å². The molecule has 1 unspecified atom stereocenters. The fourth-order valence-electron chi connectivity index (χ4n) is 3.48. The Morgan fingerprint density at radius 2 is 1.79 bits per heavy atom. The summed E-state index contributed by atoms with van der Waals surface area (Å²) < 4.78 is 26.5. The number of H-pyrrole nitrogens is 1. The number of likely N-dealkylation sites (N-methyl/N-ethyl adjacent to an activating group) is 1. The van der Waals surface area contributed by atoms with E-state index in [0.29, 0.717) is 36.2 Å². The number of aryl methyl sites for hydroxylation is 1. The Hall–Kier alpha value is -3.55. The molecule has 174 valence electrons. The largest absolute Gasteiger partial charge is 0.344 e. The molecular formula is C25H28F2N4O2. The van der Waals surface area contributed by atoms with Crippen molar-refractivity contribution >= 4 is 11.8 Å². The first-order valence-electron chi connectivity index (χ1n) is 10.9. The van der Waals surface area contributed by atoms with Crippen LogP contribution in [-0.2, 0) is 11.2 Å². The fourth-order valence-corrected chi connectivity index (χ4v) is 3.48. The molecule has 0 bridgehead atoms. The van der Waals surface area contributed by atoms with Crippen LogP contribution in [0.25, 0.3) is 11.3 Å². The molecule has 33 heavy (non-hydrogen) atoms. The van der Waals surface area contributed by atoms with Crippen molar-refractivity contribution < 1.29 is 18.4 Å². The van der Waals surface area contributed by atoms with Gasteiger partial charge in [-0.1, -0.05) is 26.0 Å². The van der Waals surface area contributed by atoms with Gasteiger partial charge in [-0.05, 0) is 61.2 Å². The van der Waals surface area contributed by atoms with Crippen LogP contribution in [-0.4, -0.2) is 46.5 Å². The summed E-state index contributed by atoms with van der Waals surface area (Å²) in [4.78, 5) is 27.1. The second-order valence-electron chi connectivity index (χ2n) is 8.35. The highest BCUT2D eigenvalue weighted by molar-refractivity contribution is 5.97. The van der Waals surface area contributed by atoms with Gasteiger partial charge in [-0.25, -0.2) is 8.78 Å². The number of halogens is 2. The molecule has 1 heterocycles. The number of hydrogen-bond acceptors (Lipinski definition) is 3. The van der Waals surface area contributed by atoms with Gasteiger partial charge < -0.3 is 10.2 Å². The Morgan fingerprint density at radius 3 is 2.45 bits per heavy atom. The number of aromatic nitrogens is 2. The third-order valence-electron chi connectivity index (χ3n) is 5.39. The highest BCUT2D eigenvalue weighted by Gasteiger charge is 2.27. The molecule has 3 aromatic rings. The van der Waals surface area contributed by atoms with E-state index in [9.17, 15) is 18.4 Å². The highest BCUT2D eigenvalue weighted by atomic mass is 19.1. The average molecular weight is 455 g/mol. The van der Waals surface area contributed by atoms with Crippen LogP contribution < -0.4 is 5.32 Å². The number of hydrogen-bond donors (Lipinski definition) is 2. The van der Waals surface area contributed by atoms with Gasteiger partial charge in [0.05, 0.1) is 5.69 Å². The van der Waals surface area contributed by atoms with Crippen LogP contribution in [0.4, 0.5) is 8.78 Å². The number of nitrogens with one attached hydrogen (secondary N) is 2. The van der Waals surface area contributed by atoms with Crippen LogP contribution in [0, 0.1) is 17.6 Å². The lowest BCUT2D eigenvalue weighted by Crippen LogP contribution is -2.50. The molecule has 6 nitrogen and oxygen atoms in total. The van der Waals surface area contributed by atoms with Crippen molar-refractivity contribution in [3.05, 3.63) is 77.5 Å². The van der Waals surface area contributed by atoms with Gasteiger partial charge in [0.2, 0.25) is 5.91 Å². The lowest BCUT2D eigenvalue weighted by Gasteiger charge is -2.27. The number of nitrogens with zero attached hydrogens (tertiary/aromatic N) is 2. The first-order valence-corrected chi connectivity index (χ1v) is 10.9. The minimum absolute atomic E-state index is 0.120. The third-order valence-corrected chi connectivity index (χ3v) is 5.39. The van der Waals surface area contributed by atoms with E-state index >= 15 is 0 Å². The first kappa shape index (κ1) is 24.1. The number of benzene rings is 2. The number of rotatable bonds is 9. The molecule has 0 saturated heterocycles. The Labute approximate surface area is 192 Å². The van der Waals surface area contributed by atoms with Crippen LogP contribution in [0.2, 0.25) is 0 Å². The van der Waals surface area contributed by atoms with Gasteiger partial charge in [0, 0.05) is 30.4 Å². The normalized spacial score (nSPS) is 11.9. The first-order chi connectivity index (χ1) is 15.7. The Morgan fingerprint density at radius 1 is 1.06 bits per heavy atom. The Bertz CT molecular complexity index is 1100. The van der Waals surface area contributed by atoms with Gasteiger partial charge in [0.25, 0.3) is 5.91 Å². The summed E-state index contributed by atoms with van der Waals surface area (Å²) in [5.41, 5.74) is 2.55. The van der Waals surface area contributed by atoms with Crippen molar-refractivity contribution in [1.82, 2.24) is 20.4 Å². The molecule has 1 aromatic heterocycles. The molecule has 0 aliphatic heterocycles. The number of carbonyl (C=O) groups excluding carboxylic acids is 2. The van der Waals surface area contributed by atoms with Crippen molar-refractivity contribution in [3.63, 3.8) is 0 Å². The predicted molar refractivity (Wildman–Crippen MR) is 122 cm³/mol. The van der Waals surface area contributed by atoms with Crippen molar-refractivity contribution in [1.29, 1.82) is 0 Å². The maximum Gasteiger partial charge on any atom is 0.251 e. The average Bonchev–Trinajstić information content (AvgIpc) is 3.26. The van der Waals surface area contributed by atoms with E-state index in [0.717, 1.165) is 5.69 Å². The smallest absolute Gasteiger partial charge is 0.251 e. The lowest BCUT2D eigenvalue weighted by atomic mass is 10.0. The Balaban J connectivity index is 1.54. The SMILES string of the molecule is CC(C)C(NC(=O)c1ccc(F)cc1)C(=O)N(C)CCCc1cc(-c2cccc(F)c2)n[nH]1. The molecule has 0 radical (unpaired) electrons.